The minimum atomic E-state index is -3.99. The smallest absolute Gasteiger partial charge is 0.326 e. The molecule has 28 heavy (non-hydrogen) atoms. The van der Waals surface area contributed by atoms with Crippen LogP contribution in [0.2, 0.25) is 0 Å². The Bertz CT molecular complexity index is 876. The van der Waals surface area contributed by atoms with E-state index in [0.29, 0.717) is 23.8 Å². The molecule has 8 heteroatoms. The number of hydrogen-bond acceptors (Lipinski definition) is 6. The highest BCUT2D eigenvalue weighted by atomic mass is 32.2. The fourth-order valence-corrected chi connectivity index (χ4v) is 3.87. The summed E-state index contributed by atoms with van der Waals surface area (Å²) in [6.45, 7) is 5.67. The summed E-state index contributed by atoms with van der Waals surface area (Å²) in [6.07, 6.45) is -0.00962. The minimum absolute atomic E-state index is 0.00962. The number of anilines is 1. The average molecular weight is 407 g/mol. The van der Waals surface area contributed by atoms with Gasteiger partial charge in [0.15, 0.2) is 0 Å². The first-order valence-corrected chi connectivity index (χ1v) is 10.3. The Balaban J connectivity index is 2.39. The SMILES string of the molecule is CCOc1ccc(S(=O)(=O)N(CC(=O)OC)c2ccc(OC(C)C)cc2)cc1. The Morgan fingerprint density at radius 3 is 2.07 bits per heavy atom. The Morgan fingerprint density at radius 1 is 1.00 bits per heavy atom. The van der Waals surface area contributed by atoms with E-state index in [1.165, 1.54) is 19.2 Å². The van der Waals surface area contributed by atoms with Gasteiger partial charge in [0.2, 0.25) is 0 Å². The third-order valence-corrected chi connectivity index (χ3v) is 5.51. The van der Waals surface area contributed by atoms with Crippen molar-refractivity contribution >= 4 is 21.7 Å². The van der Waals surface area contributed by atoms with Crippen molar-refractivity contribution in [2.75, 3.05) is 24.6 Å². The van der Waals surface area contributed by atoms with Crippen molar-refractivity contribution in [1.82, 2.24) is 0 Å². The van der Waals surface area contributed by atoms with Crippen LogP contribution >= 0.6 is 0 Å². The van der Waals surface area contributed by atoms with Crippen molar-refractivity contribution in [3.63, 3.8) is 0 Å². The van der Waals surface area contributed by atoms with E-state index in [1.807, 2.05) is 20.8 Å². The molecule has 0 spiro atoms. The Kier molecular flexibility index (Phi) is 7.28. The molecule has 0 aliphatic heterocycles. The summed E-state index contributed by atoms with van der Waals surface area (Å²) >= 11 is 0. The fraction of sp³-hybridized carbons (Fsp3) is 0.350. The van der Waals surface area contributed by atoms with Crippen LogP contribution in [0.5, 0.6) is 11.5 Å². The quantitative estimate of drug-likeness (QED) is 0.594. The first-order valence-electron chi connectivity index (χ1n) is 8.87. The van der Waals surface area contributed by atoms with Crippen LogP contribution in [-0.4, -0.2) is 40.8 Å². The maximum atomic E-state index is 13.2. The fourth-order valence-electron chi connectivity index (χ4n) is 2.46. The molecule has 0 aliphatic rings. The van der Waals surface area contributed by atoms with Gasteiger partial charge >= 0.3 is 5.97 Å². The lowest BCUT2D eigenvalue weighted by molar-refractivity contribution is -0.138. The highest BCUT2D eigenvalue weighted by Gasteiger charge is 2.27. The van der Waals surface area contributed by atoms with E-state index in [2.05, 4.69) is 4.74 Å². The molecule has 0 aromatic heterocycles. The molecule has 2 aromatic carbocycles. The van der Waals surface area contributed by atoms with Crippen molar-refractivity contribution in [1.29, 1.82) is 0 Å². The molecule has 0 fully saturated rings. The molecule has 0 heterocycles. The molecule has 2 aromatic rings. The maximum Gasteiger partial charge on any atom is 0.326 e. The lowest BCUT2D eigenvalue weighted by atomic mass is 10.3. The standard InChI is InChI=1S/C20H25NO6S/c1-5-26-17-10-12-19(13-11-17)28(23,24)21(14-20(22)25-4)16-6-8-18(9-7-16)27-15(2)3/h6-13,15H,5,14H2,1-4H3. The van der Waals surface area contributed by atoms with Crippen LogP contribution in [0.15, 0.2) is 53.4 Å². The van der Waals surface area contributed by atoms with Crippen molar-refractivity contribution in [3.05, 3.63) is 48.5 Å². The zero-order chi connectivity index (χ0) is 20.7. The molecule has 0 radical (unpaired) electrons. The summed E-state index contributed by atoms with van der Waals surface area (Å²) in [7, 11) is -2.78. The first-order chi connectivity index (χ1) is 13.3. The van der Waals surface area contributed by atoms with E-state index in [4.69, 9.17) is 9.47 Å². The van der Waals surface area contributed by atoms with Crippen LogP contribution in [0.25, 0.3) is 0 Å². The van der Waals surface area contributed by atoms with Gasteiger partial charge in [-0.05, 0) is 69.3 Å². The van der Waals surface area contributed by atoms with E-state index >= 15 is 0 Å². The van der Waals surface area contributed by atoms with Crippen LogP contribution in [0.4, 0.5) is 5.69 Å². The van der Waals surface area contributed by atoms with Crippen LogP contribution in [0.3, 0.4) is 0 Å². The van der Waals surface area contributed by atoms with E-state index < -0.39 is 22.5 Å². The van der Waals surface area contributed by atoms with Gasteiger partial charge in [-0.15, -0.1) is 0 Å². The second kappa shape index (κ2) is 9.45. The molecule has 0 N–H and O–H groups in total. The maximum absolute atomic E-state index is 13.2. The molecule has 2 rings (SSSR count). The van der Waals surface area contributed by atoms with Crippen molar-refractivity contribution < 1.29 is 27.4 Å². The molecule has 7 nitrogen and oxygen atoms in total. The predicted molar refractivity (Wildman–Crippen MR) is 106 cm³/mol. The van der Waals surface area contributed by atoms with Gasteiger partial charge in [-0.3, -0.25) is 9.10 Å². The third-order valence-electron chi connectivity index (χ3n) is 3.72. The average Bonchev–Trinajstić information content (AvgIpc) is 2.67. The summed E-state index contributed by atoms with van der Waals surface area (Å²) in [6, 6.07) is 12.5. The Morgan fingerprint density at radius 2 is 1.57 bits per heavy atom. The molecule has 0 aliphatic carbocycles. The molecule has 0 saturated carbocycles. The van der Waals surface area contributed by atoms with Gasteiger partial charge in [0.1, 0.15) is 18.0 Å². The summed E-state index contributed by atoms with van der Waals surface area (Å²) < 4.78 is 42.9. The number of ether oxygens (including phenoxy) is 3. The topological polar surface area (TPSA) is 82.1 Å². The van der Waals surface area contributed by atoms with E-state index in [0.717, 1.165) is 4.31 Å². The number of hydrogen-bond donors (Lipinski definition) is 0. The summed E-state index contributed by atoms with van der Waals surface area (Å²) in [5, 5.41) is 0. The second-order valence-electron chi connectivity index (χ2n) is 6.15. The van der Waals surface area contributed by atoms with Crippen LogP contribution in [0, 0.1) is 0 Å². The van der Waals surface area contributed by atoms with E-state index in [-0.39, 0.29) is 11.0 Å². The minimum Gasteiger partial charge on any atom is -0.494 e. The highest BCUT2D eigenvalue weighted by molar-refractivity contribution is 7.92. The van der Waals surface area contributed by atoms with Crippen LogP contribution < -0.4 is 13.8 Å². The largest absolute Gasteiger partial charge is 0.494 e. The van der Waals surface area contributed by atoms with E-state index in [1.54, 1.807) is 36.4 Å². The Hall–Kier alpha value is -2.74. The van der Waals surface area contributed by atoms with Gasteiger partial charge in [0, 0.05) is 0 Å². The van der Waals surface area contributed by atoms with Crippen LogP contribution in [0.1, 0.15) is 20.8 Å². The van der Waals surface area contributed by atoms with Gasteiger partial charge in [-0.25, -0.2) is 8.42 Å². The van der Waals surface area contributed by atoms with Gasteiger partial charge in [0.05, 0.1) is 30.4 Å². The van der Waals surface area contributed by atoms with Crippen molar-refractivity contribution in [2.24, 2.45) is 0 Å². The highest BCUT2D eigenvalue weighted by Crippen LogP contribution is 2.27. The monoisotopic (exact) mass is 407 g/mol. The van der Waals surface area contributed by atoms with E-state index in [9.17, 15) is 13.2 Å². The summed E-state index contributed by atoms with van der Waals surface area (Å²) in [5.41, 5.74) is 0.329. The molecule has 0 bridgehead atoms. The number of carbonyl (C=O) groups excluding carboxylic acids is 1. The number of rotatable bonds is 9. The predicted octanol–water partition coefficient (Wildman–Crippen LogP) is 3.24. The lowest BCUT2D eigenvalue weighted by Crippen LogP contribution is -2.36. The number of sulfonamides is 1. The van der Waals surface area contributed by atoms with Gasteiger partial charge in [-0.2, -0.15) is 0 Å². The zero-order valence-electron chi connectivity index (χ0n) is 16.4. The molecular formula is C20H25NO6S. The molecule has 0 atom stereocenters. The molecular weight excluding hydrogens is 382 g/mol. The zero-order valence-corrected chi connectivity index (χ0v) is 17.2. The molecule has 152 valence electrons. The number of nitrogens with zero attached hydrogens (tertiary/aromatic N) is 1. The molecule has 0 unspecified atom stereocenters. The van der Waals surface area contributed by atoms with Crippen molar-refractivity contribution in [2.45, 2.75) is 31.8 Å². The van der Waals surface area contributed by atoms with Crippen LogP contribution in [-0.2, 0) is 19.6 Å². The first kappa shape index (κ1) is 21.6. The van der Waals surface area contributed by atoms with Gasteiger partial charge in [-0.1, -0.05) is 0 Å². The number of methoxy groups -OCH3 is 1. The second-order valence-corrected chi connectivity index (χ2v) is 8.02. The summed E-state index contributed by atoms with van der Waals surface area (Å²) in [4.78, 5) is 11.9. The van der Waals surface area contributed by atoms with Gasteiger partial charge < -0.3 is 14.2 Å². The Labute approximate surface area is 165 Å². The number of esters is 1. The van der Waals surface area contributed by atoms with Gasteiger partial charge in [0.25, 0.3) is 10.0 Å². The van der Waals surface area contributed by atoms with Crippen molar-refractivity contribution in [3.8, 4) is 11.5 Å². The third kappa shape index (κ3) is 5.39. The lowest BCUT2D eigenvalue weighted by Gasteiger charge is -2.24. The number of carbonyl (C=O) groups is 1. The number of benzene rings is 2. The molecule has 0 amide bonds. The summed E-state index contributed by atoms with van der Waals surface area (Å²) in [5.74, 6) is 0.503. The molecule has 0 saturated heterocycles. The normalized spacial score (nSPS) is 11.2.